The summed E-state index contributed by atoms with van der Waals surface area (Å²) in [5.41, 5.74) is 18.8. The van der Waals surface area contributed by atoms with Gasteiger partial charge in [0, 0.05) is 18.1 Å². The largest absolute Gasteiger partial charge is 0.327 e. The molecule has 0 atom stereocenters. The minimum Gasteiger partial charge on any atom is -0.327 e. The van der Waals surface area contributed by atoms with Crippen molar-refractivity contribution in [3.05, 3.63) is 0 Å². The van der Waals surface area contributed by atoms with Crippen LogP contribution in [-0.4, -0.2) is 18.1 Å². The van der Waals surface area contributed by atoms with E-state index in [1.165, 1.54) is 0 Å². The van der Waals surface area contributed by atoms with E-state index >= 15 is 0 Å². The fourth-order valence-electron chi connectivity index (χ4n) is 3.46. The van der Waals surface area contributed by atoms with Crippen molar-refractivity contribution in [1.82, 2.24) is 0 Å². The Labute approximate surface area is 93.8 Å². The highest BCUT2D eigenvalue weighted by molar-refractivity contribution is 5.14. The van der Waals surface area contributed by atoms with Gasteiger partial charge in [-0.3, -0.25) is 0 Å². The van der Waals surface area contributed by atoms with Crippen LogP contribution < -0.4 is 17.2 Å². The zero-order valence-corrected chi connectivity index (χ0v) is 11.0. The van der Waals surface area contributed by atoms with Crippen molar-refractivity contribution in [1.29, 1.82) is 0 Å². The van der Waals surface area contributed by atoms with Gasteiger partial charge in [0.25, 0.3) is 0 Å². The van der Waals surface area contributed by atoms with Crippen molar-refractivity contribution in [2.24, 2.45) is 33.4 Å². The molecular formula is C12H27N3. The minimum absolute atomic E-state index is 0.0306. The van der Waals surface area contributed by atoms with E-state index in [2.05, 4.69) is 41.5 Å². The molecule has 0 heterocycles. The van der Waals surface area contributed by atoms with Crippen LogP contribution >= 0.6 is 0 Å². The van der Waals surface area contributed by atoms with Crippen molar-refractivity contribution >= 4 is 0 Å². The quantitative estimate of drug-likeness (QED) is 0.563. The number of nitrogens with two attached hydrogens (primary N) is 3. The molecular weight excluding hydrogens is 186 g/mol. The number of hydrogen-bond acceptors (Lipinski definition) is 3. The smallest absolute Gasteiger partial charge is 0.0172 e. The molecule has 1 aliphatic carbocycles. The molecule has 6 N–H and O–H groups in total. The summed E-state index contributed by atoms with van der Waals surface area (Å²) >= 11 is 0. The molecule has 1 fully saturated rings. The monoisotopic (exact) mass is 213 g/mol. The summed E-state index contributed by atoms with van der Waals surface area (Å²) in [5.74, 6) is 0. The summed E-state index contributed by atoms with van der Waals surface area (Å²) in [5, 5.41) is 0. The first-order valence-electron chi connectivity index (χ1n) is 5.73. The Morgan fingerprint density at radius 3 is 0.800 bits per heavy atom. The van der Waals surface area contributed by atoms with Crippen LogP contribution in [0.2, 0.25) is 0 Å². The van der Waals surface area contributed by atoms with E-state index in [4.69, 9.17) is 17.2 Å². The molecule has 0 bridgehead atoms. The average molecular weight is 213 g/mol. The van der Waals surface area contributed by atoms with E-state index in [1.54, 1.807) is 0 Å². The standard InChI is InChI=1S/C12H27N3/c1-10(2)7(13)11(3,4)9(15)12(5,6)8(10)14/h7-9H,13-15H2,1-6H3. The molecule has 0 aromatic heterocycles. The van der Waals surface area contributed by atoms with Crippen molar-refractivity contribution in [2.75, 3.05) is 0 Å². The zero-order chi connectivity index (χ0) is 12.2. The topological polar surface area (TPSA) is 78.1 Å². The van der Waals surface area contributed by atoms with Crippen LogP contribution in [-0.2, 0) is 0 Å². The molecule has 0 amide bonds. The van der Waals surface area contributed by atoms with Crippen LogP contribution in [0.25, 0.3) is 0 Å². The van der Waals surface area contributed by atoms with Crippen molar-refractivity contribution in [3.8, 4) is 0 Å². The second kappa shape index (κ2) is 3.19. The van der Waals surface area contributed by atoms with Crippen molar-refractivity contribution in [2.45, 2.75) is 59.7 Å². The minimum atomic E-state index is -0.0805. The molecule has 0 saturated heterocycles. The molecule has 15 heavy (non-hydrogen) atoms. The van der Waals surface area contributed by atoms with E-state index in [1.807, 2.05) is 0 Å². The summed E-state index contributed by atoms with van der Waals surface area (Å²) in [6.45, 7) is 12.9. The van der Waals surface area contributed by atoms with Crippen LogP contribution in [0.15, 0.2) is 0 Å². The lowest BCUT2D eigenvalue weighted by molar-refractivity contribution is -0.0500. The molecule has 0 unspecified atom stereocenters. The fraction of sp³-hybridized carbons (Fsp3) is 1.00. The number of rotatable bonds is 0. The maximum absolute atomic E-state index is 6.33. The van der Waals surface area contributed by atoms with Gasteiger partial charge in [-0.1, -0.05) is 41.5 Å². The molecule has 90 valence electrons. The third kappa shape index (κ3) is 1.52. The van der Waals surface area contributed by atoms with E-state index in [0.717, 1.165) is 0 Å². The molecule has 0 spiro atoms. The highest BCUT2D eigenvalue weighted by Crippen LogP contribution is 2.51. The Hall–Kier alpha value is -0.120. The van der Waals surface area contributed by atoms with Crippen LogP contribution in [0.4, 0.5) is 0 Å². The van der Waals surface area contributed by atoms with E-state index in [-0.39, 0.29) is 34.4 Å². The van der Waals surface area contributed by atoms with E-state index in [0.29, 0.717) is 0 Å². The predicted octanol–water partition coefficient (Wildman–Crippen LogP) is 1.06. The third-order valence-electron chi connectivity index (χ3n) is 4.81. The van der Waals surface area contributed by atoms with Crippen molar-refractivity contribution < 1.29 is 0 Å². The Morgan fingerprint density at radius 1 is 0.533 bits per heavy atom. The second-order valence-corrected chi connectivity index (χ2v) is 6.90. The lowest BCUT2D eigenvalue weighted by Gasteiger charge is -2.61. The highest BCUT2D eigenvalue weighted by atomic mass is 14.9. The first-order chi connectivity index (χ1) is 6.46. The zero-order valence-electron chi connectivity index (χ0n) is 11.0. The van der Waals surface area contributed by atoms with Gasteiger partial charge < -0.3 is 17.2 Å². The maximum Gasteiger partial charge on any atom is 0.0172 e. The Morgan fingerprint density at radius 2 is 0.667 bits per heavy atom. The van der Waals surface area contributed by atoms with Gasteiger partial charge in [0.2, 0.25) is 0 Å². The van der Waals surface area contributed by atoms with Crippen LogP contribution in [0.3, 0.4) is 0 Å². The molecule has 0 aromatic rings. The van der Waals surface area contributed by atoms with Gasteiger partial charge in [-0.2, -0.15) is 0 Å². The Balaban J connectivity index is 3.24. The molecule has 3 heteroatoms. The second-order valence-electron chi connectivity index (χ2n) is 6.90. The summed E-state index contributed by atoms with van der Waals surface area (Å²) in [4.78, 5) is 0. The van der Waals surface area contributed by atoms with E-state index < -0.39 is 0 Å². The maximum atomic E-state index is 6.33. The summed E-state index contributed by atoms with van der Waals surface area (Å²) in [6.07, 6.45) is 0. The lowest BCUT2D eigenvalue weighted by atomic mass is 9.49. The predicted molar refractivity (Wildman–Crippen MR) is 65.3 cm³/mol. The first-order valence-corrected chi connectivity index (χ1v) is 5.73. The van der Waals surface area contributed by atoms with Gasteiger partial charge in [0.1, 0.15) is 0 Å². The molecule has 1 rings (SSSR count). The Kier molecular flexibility index (Phi) is 2.75. The first kappa shape index (κ1) is 12.9. The van der Waals surface area contributed by atoms with Gasteiger partial charge >= 0.3 is 0 Å². The molecule has 0 aliphatic heterocycles. The molecule has 1 saturated carbocycles. The van der Waals surface area contributed by atoms with Gasteiger partial charge in [0.15, 0.2) is 0 Å². The lowest BCUT2D eigenvalue weighted by Crippen LogP contribution is -2.74. The molecule has 0 radical (unpaired) electrons. The SMILES string of the molecule is CC1(C)C(N)C(C)(C)C(N)C(C)(C)C1N. The molecule has 0 aromatic carbocycles. The number of hydrogen-bond donors (Lipinski definition) is 3. The van der Waals surface area contributed by atoms with Gasteiger partial charge in [0.05, 0.1) is 0 Å². The molecule has 3 nitrogen and oxygen atoms in total. The summed E-state index contributed by atoms with van der Waals surface area (Å²) < 4.78 is 0. The van der Waals surface area contributed by atoms with Gasteiger partial charge in [-0.05, 0) is 16.2 Å². The van der Waals surface area contributed by atoms with Crippen LogP contribution in [0.5, 0.6) is 0 Å². The van der Waals surface area contributed by atoms with Gasteiger partial charge in [-0.15, -0.1) is 0 Å². The van der Waals surface area contributed by atoms with Gasteiger partial charge in [-0.25, -0.2) is 0 Å². The normalized spacial score (nSPS) is 42.6. The molecule has 1 aliphatic rings. The van der Waals surface area contributed by atoms with Crippen LogP contribution in [0.1, 0.15) is 41.5 Å². The summed E-state index contributed by atoms with van der Waals surface area (Å²) in [7, 11) is 0. The van der Waals surface area contributed by atoms with Crippen molar-refractivity contribution in [3.63, 3.8) is 0 Å². The van der Waals surface area contributed by atoms with E-state index in [9.17, 15) is 0 Å². The van der Waals surface area contributed by atoms with Crippen LogP contribution in [0, 0.1) is 16.2 Å². The summed E-state index contributed by atoms with van der Waals surface area (Å²) in [6, 6.07) is 0.0917. The fourth-order valence-corrected chi connectivity index (χ4v) is 3.46. The average Bonchev–Trinajstić information content (AvgIpc) is 2.12. The Bertz CT molecular complexity index is 195. The third-order valence-corrected chi connectivity index (χ3v) is 4.81. The highest BCUT2D eigenvalue weighted by Gasteiger charge is 2.58.